The van der Waals surface area contributed by atoms with E-state index >= 15 is 0 Å². The maximum absolute atomic E-state index is 12.2. The fourth-order valence-corrected chi connectivity index (χ4v) is 2.86. The molecule has 0 radical (unpaired) electrons. The Bertz CT molecular complexity index is 781. The van der Waals surface area contributed by atoms with Crippen LogP contribution in [0.5, 0.6) is 0 Å². The minimum Gasteiger partial charge on any atom is -0.447 e. The van der Waals surface area contributed by atoms with Crippen molar-refractivity contribution < 1.29 is 17.6 Å². The molecule has 0 aliphatic rings. The number of carbonyl (C=O) groups is 1. The SMILES string of the molecule is CN(C)Cc1ccc(S(=O)(=O)NCc2nc(C(N)=O)co2)cc1. The maximum atomic E-state index is 12.2. The smallest absolute Gasteiger partial charge is 0.270 e. The van der Waals surface area contributed by atoms with Crippen LogP contribution in [-0.4, -0.2) is 38.3 Å². The van der Waals surface area contributed by atoms with Gasteiger partial charge in [0.15, 0.2) is 5.69 Å². The summed E-state index contributed by atoms with van der Waals surface area (Å²) >= 11 is 0. The summed E-state index contributed by atoms with van der Waals surface area (Å²) in [5.41, 5.74) is 6.00. The number of benzene rings is 1. The molecule has 0 saturated heterocycles. The lowest BCUT2D eigenvalue weighted by atomic mass is 10.2. The van der Waals surface area contributed by atoms with E-state index in [0.717, 1.165) is 18.4 Å². The number of nitrogens with zero attached hydrogens (tertiary/aromatic N) is 2. The zero-order valence-corrected chi connectivity index (χ0v) is 13.6. The van der Waals surface area contributed by atoms with Crippen molar-refractivity contribution in [1.29, 1.82) is 0 Å². The van der Waals surface area contributed by atoms with E-state index in [0.29, 0.717) is 0 Å². The molecule has 1 amide bonds. The molecule has 2 rings (SSSR count). The first kappa shape index (κ1) is 17.1. The lowest BCUT2D eigenvalue weighted by Crippen LogP contribution is -2.23. The number of nitrogens with two attached hydrogens (primary N) is 1. The first-order valence-corrected chi connectivity index (χ1v) is 8.24. The number of carbonyl (C=O) groups excluding carboxylic acids is 1. The molecule has 1 aromatic carbocycles. The van der Waals surface area contributed by atoms with Gasteiger partial charge in [0.1, 0.15) is 6.26 Å². The van der Waals surface area contributed by atoms with Gasteiger partial charge in [0, 0.05) is 6.54 Å². The van der Waals surface area contributed by atoms with E-state index in [9.17, 15) is 13.2 Å². The molecule has 0 spiro atoms. The molecule has 124 valence electrons. The Labute approximate surface area is 134 Å². The van der Waals surface area contributed by atoms with Crippen LogP contribution < -0.4 is 10.5 Å². The fraction of sp³-hybridized carbons (Fsp3) is 0.286. The van der Waals surface area contributed by atoms with Crippen LogP contribution in [0.1, 0.15) is 21.9 Å². The normalized spacial score (nSPS) is 11.8. The second-order valence-corrected chi connectivity index (χ2v) is 6.96. The van der Waals surface area contributed by atoms with Gasteiger partial charge in [-0.1, -0.05) is 12.1 Å². The summed E-state index contributed by atoms with van der Waals surface area (Å²) in [7, 11) is 0.172. The number of oxazole rings is 1. The number of sulfonamides is 1. The molecule has 3 N–H and O–H groups in total. The van der Waals surface area contributed by atoms with E-state index in [1.807, 2.05) is 19.0 Å². The molecular formula is C14H18N4O4S. The van der Waals surface area contributed by atoms with E-state index in [2.05, 4.69) is 9.71 Å². The average Bonchev–Trinajstić information content (AvgIpc) is 2.94. The van der Waals surface area contributed by atoms with Crippen LogP contribution in [-0.2, 0) is 23.1 Å². The molecule has 0 unspecified atom stereocenters. The number of amides is 1. The van der Waals surface area contributed by atoms with Crippen molar-refractivity contribution in [2.45, 2.75) is 18.0 Å². The summed E-state index contributed by atoms with van der Waals surface area (Å²) in [4.78, 5) is 16.8. The molecule has 0 atom stereocenters. The summed E-state index contributed by atoms with van der Waals surface area (Å²) in [6.07, 6.45) is 1.09. The third-order valence-corrected chi connectivity index (χ3v) is 4.37. The standard InChI is InChI=1S/C14H18N4O4S/c1-18(2)8-10-3-5-11(6-4-10)23(20,21)16-7-13-17-12(9-22-13)14(15)19/h3-6,9,16H,7-8H2,1-2H3,(H2,15,19). The van der Waals surface area contributed by atoms with Gasteiger partial charge in [0.05, 0.1) is 11.4 Å². The third kappa shape index (κ3) is 4.62. The van der Waals surface area contributed by atoms with Gasteiger partial charge in [0.2, 0.25) is 15.9 Å². The van der Waals surface area contributed by atoms with E-state index in [1.165, 1.54) is 12.1 Å². The van der Waals surface area contributed by atoms with Crippen LogP contribution in [0.25, 0.3) is 0 Å². The van der Waals surface area contributed by atoms with Gasteiger partial charge in [-0.2, -0.15) is 0 Å². The molecule has 0 fully saturated rings. The van der Waals surface area contributed by atoms with Gasteiger partial charge >= 0.3 is 0 Å². The third-order valence-electron chi connectivity index (χ3n) is 2.95. The van der Waals surface area contributed by atoms with Crippen LogP contribution in [0.4, 0.5) is 0 Å². The second kappa shape index (κ2) is 6.90. The molecule has 1 aromatic heterocycles. The summed E-state index contributed by atoms with van der Waals surface area (Å²) in [6.45, 7) is 0.551. The van der Waals surface area contributed by atoms with Crippen molar-refractivity contribution in [3.8, 4) is 0 Å². The predicted octanol–water partition coefficient (Wildman–Crippen LogP) is 0.314. The van der Waals surface area contributed by atoms with E-state index in [4.69, 9.17) is 10.2 Å². The van der Waals surface area contributed by atoms with Gasteiger partial charge in [-0.05, 0) is 31.8 Å². The molecule has 23 heavy (non-hydrogen) atoms. The summed E-state index contributed by atoms with van der Waals surface area (Å²) in [6, 6.07) is 6.58. The average molecular weight is 338 g/mol. The number of hydrogen-bond donors (Lipinski definition) is 2. The monoisotopic (exact) mass is 338 g/mol. The summed E-state index contributed by atoms with van der Waals surface area (Å²) in [5, 5.41) is 0. The van der Waals surface area contributed by atoms with Crippen molar-refractivity contribution in [3.05, 3.63) is 47.7 Å². The fourth-order valence-electron chi connectivity index (χ4n) is 1.88. The van der Waals surface area contributed by atoms with Crippen molar-refractivity contribution >= 4 is 15.9 Å². The first-order valence-electron chi connectivity index (χ1n) is 6.75. The van der Waals surface area contributed by atoms with E-state index in [-0.39, 0.29) is 23.0 Å². The molecular weight excluding hydrogens is 320 g/mol. The number of primary amides is 1. The second-order valence-electron chi connectivity index (χ2n) is 5.20. The van der Waals surface area contributed by atoms with E-state index in [1.54, 1.807) is 12.1 Å². The summed E-state index contributed by atoms with van der Waals surface area (Å²) in [5.74, 6) is -0.675. The minimum absolute atomic E-state index is 0.0489. The van der Waals surface area contributed by atoms with Crippen LogP contribution in [0, 0.1) is 0 Å². The van der Waals surface area contributed by atoms with Crippen LogP contribution >= 0.6 is 0 Å². The highest BCUT2D eigenvalue weighted by Crippen LogP contribution is 2.12. The highest BCUT2D eigenvalue weighted by molar-refractivity contribution is 7.89. The molecule has 1 heterocycles. The van der Waals surface area contributed by atoms with Crippen LogP contribution in [0.3, 0.4) is 0 Å². The van der Waals surface area contributed by atoms with Crippen molar-refractivity contribution in [1.82, 2.24) is 14.6 Å². The van der Waals surface area contributed by atoms with Gasteiger partial charge in [-0.3, -0.25) is 4.79 Å². The Hall–Kier alpha value is -2.23. The van der Waals surface area contributed by atoms with Crippen LogP contribution in [0.2, 0.25) is 0 Å². The number of rotatable bonds is 7. The molecule has 8 nitrogen and oxygen atoms in total. The Morgan fingerprint density at radius 2 is 1.96 bits per heavy atom. The van der Waals surface area contributed by atoms with E-state index < -0.39 is 15.9 Å². The number of aromatic nitrogens is 1. The van der Waals surface area contributed by atoms with Gasteiger partial charge in [-0.25, -0.2) is 18.1 Å². The Morgan fingerprint density at radius 1 is 1.30 bits per heavy atom. The molecule has 0 aliphatic carbocycles. The molecule has 0 aliphatic heterocycles. The maximum Gasteiger partial charge on any atom is 0.270 e. The topological polar surface area (TPSA) is 119 Å². The number of nitrogens with one attached hydrogen (secondary N) is 1. The Kier molecular flexibility index (Phi) is 5.14. The zero-order chi connectivity index (χ0) is 17.0. The lowest BCUT2D eigenvalue weighted by Gasteiger charge is -2.10. The van der Waals surface area contributed by atoms with Gasteiger partial charge in [0.25, 0.3) is 5.91 Å². The Morgan fingerprint density at radius 3 is 2.48 bits per heavy atom. The van der Waals surface area contributed by atoms with Crippen molar-refractivity contribution in [2.75, 3.05) is 14.1 Å². The lowest BCUT2D eigenvalue weighted by molar-refractivity contribution is 0.0995. The summed E-state index contributed by atoms with van der Waals surface area (Å²) < 4.78 is 31.7. The van der Waals surface area contributed by atoms with Gasteiger partial charge < -0.3 is 15.1 Å². The quantitative estimate of drug-likeness (QED) is 0.750. The van der Waals surface area contributed by atoms with Crippen molar-refractivity contribution in [3.63, 3.8) is 0 Å². The molecule has 9 heteroatoms. The number of hydrogen-bond acceptors (Lipinski definition) is 6. The zero-order valence-electron chi connectivity index (χ0n) is 12.8. The predicted molar refractivity (Wildman–Crippen MR) is 82.9 cm³/mol. The highest BCUT2D eigenvalue weighted by Gasteiger charge is 2.16. The highest BCUT2D eigenvalue weighted by atomic mass is 32.2. The van der Waals surface area contributed by atoms with Crippen LogP contribution in [0.15, 0.2) is 39.8 Å². The first-order chi connectivity index (χ1) is 10.8. The van der Waals surface area contributed by atoms with Crippen molar-refractivity contribution in [2.24, 2.45) is 5.73 Å². The minimum atomic E-state index is -3.69. The molecule has 2 aromatic rings. The molecule has 0 bridgehead atoms. The largest absolute Gasteiger partial charge is 0.447 e. The molecule has 0 saturated carbocycles. The van der Waals surface area contributed by atoms with Gasteiger partial charge in [-0.15, -0.1) is 0 Å². The Balaban J connectivity index is 2.04.